The predicted molar refractivity (Wildman–Crippen MR) is 87.9 cm³/mol. The predicted octanol–water partition coefficient (Wildman–Crippen LogP) is 0.898. The van der Waals surface area contributed by atoms with Crippen LogP contribution in [-0.4, -0.2) is 46.5 Å². The largest absolute Gasteiger partial charge is 0.366 e. The summed E-state index contributed by atoms with van der Waals surface area (Å²) < 4.78 is 28.7. The second kappa shape index (κ2) is 6.40. The third kappa shape index (κ3) is 2.96. The molecular formula is C15H21N5O3S. The van der Waals surface area contributed by atoms with E-state index in [0.717, 1.165) is 12.8 Å². The normalized spacial score (nSPS) is 19.5. The molecule has 0 radical (unpaired) electrons. The maximum absolute atomic E-state index is 12.8. The van der Waals surface area contributed by atoms with Crippen molar-refractivity contribution in [2.75, 3.05) is 13.1 Å². The molecule has 130 valence electrons. The average Bonchev–Trinajstić information content (AvgIpc) is 3.24. The van der Waals surface area contributed by atoms with Crippen LogP contribution in [0.2, 0.25) is 0 Å². The van der Waals surface area contributed by atoms with Gasteiger partial charge in [-0.2, -0.15) is 9.40 Å². The van der Waals surface area contributed by atoms with Crippen LogP contribution in [0.5, 0.6) is 0 Å². The maximum Gasteiger partial charge on any atom is 0.250 e. The van der Waals surface area contributed by atoms with Gasteiger partial charge in [-0.05, 0) is 25.8 Å². The molecule has 9 heteroatoms. The highest BCUT2D eigenvalue weighted by Gasteiger charge is 2.33. The summed E-state index contributed by atoms with van der Waals surface area (Å²) in [5.74, 6) is -0.581. The third-order valence-electron chi connectivity index (χ3n) is 4.41. The number of sulfonamides is 1. The van der Waals surface area contributed by atoms with Crippen molar-refractivity contribution in [1.82, 2.24) is 19.1 Å². The molecular weight excluding hydrogens is 330 g/mol. The van der Waals surface area contributed by atoms with Crippen LogP contribution < -0.4 is 5.73 Å². The van der Waals surface area contributed by atoms with E-state index < -0.39 is 15.9 Å². The Labute approximate surface area is 140 Å². The monoisotopic (exact) mass is 351 g/mol. The van der Waals surface area contributed by atoms with Gasteiger partial charge in [0, 0.05) is 43.6 Å². The Hall–Kier alpha value is -2.13. The van der Waals surface area contributed by atoms with Gasteiger partial charge in [0.2, 0.25) is 10.0 Å². The molecule has 0 spiro atoms. The lowest BCUT2D eigenvalue weighted by Crippen LogP contribution is -2.39. The number of nitrogens with two attached hydrogens (primary N) is 1. The number of hydrogen-bond donors (Lipinski definition) is 2. The van der Waals surface area contributed by atoms with Gasteiger partial charge >= 0.3 is 0 Å². The molecule has 1 saturated heterocycles. The Kier molecular flexibility index (Phi) is 4.46. The molecule has 0 aromatic carbocycles. The number of hydrogen-bond acceptors (Lipinski definition) is 4. The summed E-state index contributed by atoms with van der Waals surface area (Å²) in [4.78, 5) is 14.8. The number of aromatic nitrogens is 3. The summed E-state index contributed by atoms with van der Waals surface area (Å²) in [7, 11) is -3.59. The zero-order valence-corrected chi connectivity index (χ0v) is 14.3. The molecule has 3 rings (SSSR count). The van der Waals surface area contributed by atoms with Gasteiger partial charge in [-0.3, -0.25) is 9.48 Å². The number of carbonyl (C=O) groups is 1. The van der Waals surface area contributed by atoms with Crippen molar-refractivity contribution in [3.63, 3.8) is 0 Å². The van der Waals surface area contributed by atoms with Crippen LogP contribution in [-0.2, 0) is 16.6 Å². The molecule has 3 heterocycles. The van der Waals surface area contributed by atoms with Crippen molar-refractivity contribution < 1.29 is 13.2 Å². The number of aryl methyl sites for hydroxylation is 1. The number of primary amides is 1. The molecule has 8 nitrogen and oxygen atoms in total. The number of carbonyl (C=O) groups excluding carboxylic acids is 1. The molecule has 0 bridgehead atoms. The fraction of sp³-hybridized carbons (Fsp3) is 0.467. The third-order valence-corrected chi connectivity index (χ3v) is 6.23. The van der Waals surface area contributed by atoms with Crippen molar-refractivity contribution in [2.45, 2.75) is 37.1 Å². The highest BCUT2D eigenvalue weighted by atomic mass is 32.2. The first-order valence-electron chi connectivity index (χ1n) is 7.93. The van der Waals surface area contributed by atoms with Crippen LogP contribution in [0.25, 0.3) is 0 Å². The van der Waals surface area contributed by atoms with Crippen LogP contribution >= 0.6 is 0 Å². The van der Waals surface area contributed by atoms with Gasteiger partial charge in [-0.15, -0.1) is 0 Å². The molecule has 1 aliphatic rings. The number of H-pyrrole nitrogens is 1. The summed E-state index contributed by atoms with van der Waals surface area (Å²) in [5, 5.41) is 4.05. The highest BCUT2D eigenvalue weighted by molar-refractivity contribution is 7.89. The van der Waals surface area contributed by atoms with Gasteiger partial charge in [0.25, 0.3) is 5.91 Å². The van der Waals surface area contributed by atoms with Crippen molar-refractivity contribution in [1.29, 1.82) is 0 Å². The van der Waals surface area contributed by atoms with Crippen LogP contribution in [0, 0.1) is 0 Å². The minimum absolute atomic E-state index is 0.0766. The van der Waals surface area contributed by atoms with Crippen molar-refractivity contribution in [2.24, 2.45) is 5.73 Å². The lowest BCUT2D eigenvalue weighted by Gasteiger charge is -2.31. The quantitative estimate of drug-likeness (QED) is 0.833. The van der Waals surface area contributed by atoms with E-state index in [4.69, 9.17) is 5.73 Å². The highest BCUT2D eigenvalue weighted by Crippen LogP contribution is 2.31. The fourth-order valence-corrected chi connectivity index (χ4v) is 4.61. The molecule has 1 fully saturated rings. The van der Waals surface area contributed by atoms with E-state index >= 15 is 0 Å². The molecule has 1 amide bonds. The van der Waals surface area contributed by atoms with Gasteiger partial charge in [0.15, 0.2) is 0 Å². The lowest BCUT2D eigenvalue weighted by atomic mass is 9.93. The minimum Gasteiger partial charge on any atom is -0.366 e. The maximum atomic E-state index is 12.8. The number of aromatic amines is 1. The Morgan fingerprint density at radius 3 is 2.96 bits per heavy atom. The summed E-state index contributed by atoms with van der Waals surface area (Å²) in [5.41, 5.74) is 6.54. The van der Waals surface area contributed by atoms with Crippen molar-refractivity contribution in [3.05, 3.63) is 35.9 Å². The SMILES string of the molecule is CCn1cc(S(=O)(=O)N2CCCC(c3[nH]ccc3C(N)=O)C2)cn1. The first-order valence-corrected chi connectivity index (χ1v) is 9.37. The van der Waals surface area contributed by atoms with E-state index in [2.05, 4.69) is 10.1 Å². The van der Waals surface area contributed by atoms with Crippen LogP contribution in [0.3, 0.4) is 0 Å². The molecule has 24 heavy (non-hydrogen) atoms. The van der Waals surface area contributed by atoms with Crippen molar-refractivity contribution in [3.8, 4) is 0 Å². The Balaban J connectivity index is 1.85. The topological polar surface area (TPSA) is 114 Å². The molecule has 0 aliphatic carbocycles. The van der Waals surface area contributed by atoms with Crippen LogP contribution in [0.15, 0.2) is 29.6 Å². The van der Waals surface area contributed by atoms with Gasteiger partial charge in [-0.25, -0.2) is 8.42 Å². The molecule has 1 unspecified atom stereocenters. The Morgan fingerprint density at radius 1 is 1.50 bits per heavy atom. The second-order valence-corrected chi connectivity index (χ2v) is 7.84. The number of piperidine rings is 1. The number of amides is 1. The molecule has 3 N–H and O–H groups in total. The van der Waals surface area contributed by atoms with Gasteiger partial charge in [0.05, 0.1) is 11.8 Å². The van der Waals surface area contributed by atoms with E-state index in [-0.39, 0.29) is 10.8 Å². The fourth-order valence-electron chi connectivity index (χ4n) is 3.13. The van der Waals surface area contributed by atoms with E-state index in [9.17, 15) is 13.2 Å². The first kappa shape index (κ1) is 16.7. The van der Waals surface area contributed by atoms with Crippen LogP contribution in [0.4, 0.5) is 0 Å². The van der Waals surface area contributed by atoms with E-state index in [1.54, 1.807) is 23.1 Å². The molecule has 2 aromatic rings. The van der Waals surface area contributed by atoms with Gasteiger partial charge in [-0.1, -0.05) is 0 Å². The second-order valence-electron chi connectivity index (χ2n) is 5.90. The average molecular weight is 351 g/mol. The number of nitrogens with zero attached hydrogens (tertiary/aromatic N) is 3. The van der Waals surface area contributed by atoms with Crippen molar-refractivity contribution >= 4 is 15.9 Å². The number of rotatable bonds is 5. The smallest absolute Gasteiger partial charge is 0.250 e. The molecule has 1 atom stereocenters. The van der Waals surface area contributed by atoms with E-state index in [1.165, 1.54) is 10.5 Å². The molecule has 2 aromatic heterocycles. The first-order chi connectivity index (χ1) is 11.4. The zero-order chi connectivity index (χ0) is 17.3. The van der Waals surface area contributed by atoms with Crippen LogP contribution in [0.1, 0.15) is 41.7 Å². The van der Waals surface area contributed by atoms with E-state index in [1.807, 2.05) is 6.92 Å². The Bertz CT molecular complexity index is 839. The lowest BCUT2D eigenvalue weighted by molar-refractivity contribution is 0.0998. The standard InChI is InChI=1S/C15H21N5O3S/c1-2-19-10-12(8-18-19)24(22,23)20-7-3-4-11(9-20)14-13(15(16)21)5-6-17-14/h5-6,8,10-11,17H,2-4,7,9H2,1H3,(H2,16,21). The van der Waals surface area contributed by atoms with Gasteiger partial charge in [0.1, 0.15) is 4.90 Å². The van der Waals surface area contributed by atoms with Gasteiger partial charge < -0.3 is 10.7 Å². The summed E-state index contributed by atoms with van der Waals surface area (Å²) in [6, 6.07) is 1.64. The summed E-state index contributed by atoms with van der Waals surface area (Å²) >= 11 is 0. The molecule has 1 aliphatic heterocycles. The zero-order valence-electron chi connectivity index (χ0n) is 13.5. The summed E-state index contributed by atoms with van der Waals surface area (Å²) in [6.07, 6.45) is 6.12. The number of nitrogens with one attached hydrogen (secondary N) is 1. The van der Waals surface area contributed by atoms with E-state index in [0.29, 0.717) is 30.9 Å². The Morgan fingerprint density at radius 2 is 2.29 bits per heavy atom. The summed E-state index contributed by atoms with van der Waals surface area (Å²) in [6.45, 7) is 3.29. The molecule has 0 saturated carbocycles. The minimum atomic E-state index is -3.59.